The molecule has 0 bridgehead atoms. The van der Waals surface area contributed by atoms with Crippen LogP contribution in [0.4, 0.5) is 0 Å². The van der Waals surface area contributed by atoms with Crippen LogP contribution in [-0.4, -0.2) is 13.2 Å². The molecule has 1 heteroatoms. The van der Waals surface area contributed by atoms with Crippen LogP contribution < -0.4 is 0 Å². The highest BCUT2D eigenvalue weighted by molar-refractivity contribution is 4.81. The maximum atomic E-state index is 5.40. The lowest BCUT2D eigenvalue weighted by Gasteiger charge is -2.28. The van der Waals surface area contributed by atoms with Crippen molar-refractivity contribution < 1.29 is 4.74 Å². The van der Waals surface area contributed by atoms with E-state index in [1.807, 2.05) is 0 Å². The Morgan fingerprint density at radius 2 is 1.80 bits per heavy atom. The molecule has 0 aromatic carbocycles. The molecular weight excluding hydrogens is 124 g/mol. The summed E-state index contributed by atoms with van der Waals surface area (Å²) in [7, 11) is 0. The number of rotatable bonds is 0. The first-order valence-electron chi connectivity index (χ1n) is 4.09. The minimum absolute atomic E-state index is 0.427. The zero-order chi connectivity index (χ0) is 7.78. The van der Waals surface area contributed by atoms with Crippen LogP contribution in [0.2, 0.25) is 0 Å². The molecule has 2 unspecified atom stereocenters. The van der Waals surface area contributed by atoms with Gasteiger partial charge in [-0.15, -0.1) is 0 Å². The van der Waals surface area contributed by atoms with Crippen molar-refractivity contribution >= 4 is 0 Å². The van der Waals surface area contributed by atoms with Gasteiger partial charge in [-0.3, -0.25) is 0 Å². The minimum Gasteiger partial charge on any atom is -0.381 e. The third-order valence-electron chi connectivity index (χ3n) is 2.48. The largest absolute Gasteiger partial charge is 0.381 e. The van der Waals surface area contributed by atoms with Gasteiger partial charge < -0.3 is 4.74 Å². The molecule has 10 heavy (non-hydrogen) atoms. The molecule has 0 aromatic rings. The van der Waals surface area contributed by atoms with E-state index < -0.39 is 0 Å². The predicted octanol–water partition coefficient (Wildman–Crippen LogP) is 2.32. The van der Waals surface area contributed by atoms with Gasteiger partial charge in [-0.05, 0) is 17.3 Å². The Balaban J connectivity index is 2.55. The molecule has 1 aliphatic heterocycles. The molecule has 1 saturated heterocycles. The van der Waals surface area contributed by atoms with E-state index in [0.29, 0.717) is 5.41 Å². The highest BCUT2D eigenvalue weighted by Gasteiger charge is 2.33. The summed E-state index contributed by atoms with van der Waals surface area (Å²) in [6, 6.07) is 0. The van der Waals surface area contributed by atoms with Gasteiger partial charge in [-0.25, -0.2) is 0 Å². The lowest BCUT2D eigenvalue weighted by atomic mass is 9.76. The van der Waals surface area contributed by atoms with E-state index in [1.54, 1.807) is 0 Å². The predicted molar refractivity (Wildman–Crippen MR) is 42.9 cm³/mol. The van der Waals surface area contributed by atoms with Gasteiger partial charge in [0.15, 0.2) is 0 Å². The minimum atomic E-state index is 0.427. The molecule has 0 aromatic heterocycles. The molecule has 1 aliphatic rings. The Labute approximate surface area is 63.8 Å². The smallest absolute Gasteiger partial charge is 0.0502 e. The van der Waals surface area contributed by atoms with Gasteiger partial charge in [-0.2, -0.15) is 0 Å². The zero-order valence-corrected chi connectivity index (χ0v) is 7.48. The maximum absolute atomic E-state index is 5.40. The van der Waals surface area contributed by atoms with Crippen LogP contribution in [0.5, 0.6) is 0 Å². The third-order valence-corrected chi connectivity index (χ3v) is 2.48. The van der Waals surface area contributed by atoms with Gasteiger partial charge in [0, 0.05) is 6.61 Å². The summed E-state index contributed by atoms with van der Waals surface area (Å²) in [5.41, 5.74) is 0.427. The Morgan fingerprint density at radius 3 is 2.00 bits per heavy atom. The summed E-state index contributed by atoms with van der Waals surface area (Å²) >= 11 is 0. The van der Waals surface area contributed by atoms with Gasteiger partial charge in [0.25, 0.3) is 0 Å². The maximum Gasteiger partial charge on any atom is 0.0502 e. The highest BCUT2D eigenvalue weighted by Crippen LogP contribution is 2.35. The Kier molecular flexibility index (Phi) is 2.04. The molecular formula is C9H18O. The molecule has 2 atom stereocenters. The van der Waals surface area contributed by atoms with Crippen LogP contribution in [0.3, 0.4) is 0 Å². The normalized spacial score (nSPS) is 34.8. The monoisotopic (exact) mass is 142 g/mol. The Morgan fingerprint density at radius 1 is 1.20 bits per heavy atom. The van der Waals surface area contributed by atoms with Crippen LogP contribution in [0.1, 0.15) is 27.7 Å². The first kappa shape index (κ1) is 8.06. The van der Waals surface area contributed by atoms with E-state index in [1.165, 1.54) is 0 Å². The first-order valence-corrected chi connectivity index (χ1v) is 4.09. The molecule has 0 spiro atoms. The Hall–Kier alpha value is -0.0400. The van der Waals surface area contributed by atoms with Crippen LogP contribution in [0.15, 0.2) is 0 Å². The van der Waals surface area contributed by atoms with E-state index in [0.717, 1.165) is 25.0 Å². The molecule has 1 rings (SSSR count). The lowest BCUT2D eigenvalue weighted by Crippen LogP contribution is -2.25. The van der Waals surface area contributed by atoms with Crippen molar-refractivity contribution in [2.24, 2.45) is 17.3 Å². The van der Waals surface area contributed by atoms with Crippen molar-refractivity contribution in [3.8, 4) is 0 Å². The molecule has 0 aliphatic carbocycles. The van der Waals surface area contributed by atoms with Crippen molar-refractivity contribution in [1.29, 1.82) is 0 Å². The topological polar surface area (TPSA) is 9.23 Å². The molecule has 0 N–H and O–H groups in total. The van der Waals surface area contributed by atoms with E-state index in [4.69, 9.17) is 4.74 Å². The summed E-state index contributed by atoms with van der Waals surface area (Å²) in [4.78, 5) is 0. The van der Waals surface area contributed by atoms with Crippen molar-refractivity contribution in [2.75, 3.05) is 13.2 Å². The second-order valence-electron chi connectivity index (χ2n) is 4.49. The third kappa shape index (κ3) is 1.51. The average Bonchev–Trinajstić information content (AvgIpc) is 2.11. The molecule has 1 nitrogen and oxygen atoms in total. The van der Waals surface area contributed by atoms with Crippen LogP contribution >= 0.6 is 0 Å². The fraction of sp³-hybridized carbons (Fsp3) is 1.00. The van der Waals surface area contributed by atoms with E-state index in [-0.39, 0.29) is 0 Å². The van der Waals surface area contributed by atoms with E-state index >= 15 is 0 Å². The van der Waals surface area contributed by atoms with Crippen LogP contribution in [0, 0.1) is 17.3 Å². The Bertz CT molecular complexity index is 112. The molecule has 0 saturated carbocycles. The summed E-state index contributed by atoms with van der Waals surface area (Å²) in [6.07, 6.45) is 0. The SMILES string of the molecule is CC1COCC1C(C)(C)C. The quantitative estimate of drug-likeness (QED) is 0.504. The molecule has 0 amide bonds. The van der Waals surface area contributed by atoms with Crippen molar-refractivity contribution in [3.05, 3.63) is 0 Å². The van der Waals surface area contributed by atoms with Gasteiger partial charge in [0.2, 0.25) is 0 Å². The standard InChI is InChI=1S/C9H18O/c1-7-5-10-6-8(7)9(2,3)4/h7-8H,5-6H2,1-4H3. The number of hydrogen-bond donors (Lipinski definition) is 0. The first-order chi connectivity index (χ1) is 4.52. The fourth-order valence-electron chi connectivity index (χ4n) is 1.76. The number of ether oxygens (including phenoxy) is 1. The van der Waals surface area contributed by atoms with Crippen LogP contribution in [-0.2, 0) is 4.74 Å². The summed E-state index contributed by atoms with van der Waals surface area (Å²) in [5.74, 6) is 1.51. The van der Waals surface area contributed by atoms with Crippen LogP contribution in [0.25, 0.3) is 0 Å². The lowest BCUT2D eigenvalue weighted by molar-refractivity contribution is 0.151. The van der Waals surface area contributed by atoms with Crippen molar-refractivity contribution in [2.45, 2.75) is 27.7 Å². The molecule has 60 valence electrons. The molecule has 1 fully saturated rings. The van der Waals surface area contributed by atoms with E-state index in [2.05, 4.69) is 27.7 Å². The summed E-state index contributed by atoms with van der Waals surface area (Å²) < 4.78 is 5.40. The summed E-state index contributed by atoms with van der Waals surface area (Å²) in [5, 5.41) is 0. The number of hydrogen-bond acceptors (Lipinski definition) is 1. The molecule has 0 radical (unpaired) electrons. The highest BCUT2D eigenvalue weighted by atomic mass is 16.5. The van der Waals surface area contributed by atoms with Crippen molar-refractivity contribution in [3.63, 3.8) is 0 Å². The second-order valence-corrected chi connectivity index (χ2v) is 4.49. The second kappa shape index (κ2) is 2.54. The molecule has 1 heterocycles. The van der Waals surface area contributed by atoms with E-state index in [9.17, 15) is 0 Å². The van der Waals surface area contributed by atoms with Gasteiger partial charge in [0.1, 0.15) is 0 Å². The average molecular weight is 142 g/mol. The summed E-state index contributed by atoms with van der Waals surface area (Å²) in [6.45, 7) is 11.1. The zero-order valence-electron chi connectivity index (χ0n) is 7.48. The van der Waals surface area contributed by atoms with Gasteiger partial charge in [0.05, 0.1) is 6.61 Å². The van der Waals surface area contributed by atoms with Gasteiger partial charge in [-0.1, -0.05) is 27.7 Å². The fourth-order valence-corrected chi connectivity index (χ4v) is 1.76. The van der Waals surface area contributed by atoms with Crippen molar-refractivity contribution in [1.82, 2.24) is 0 Å². The van der Waals surface area contributed by atoms with Gasteiger partial charge >= 0.3 is 0 Å².